The maximum absolute atomic E-state index is 9.63. The highest BCUT2D eigenvalue weighted by atomic mass is 16.3. The minimum atomic E-state index is 0.384. The largest absolute Gasteiger partial charge is 0.508 e. The first-order valence-corrected chi connectivity index (χ1v) is 4.98. The summed E-state index contributed by atoms with van der Waals surface area (Å²) in [6.45, 7) is 4.50. The van der Waals surface area contributed by atoms with E-state index in [1.165, 1.54) is 5.56 Å². The molecule has 14 heavy (non-hydrogen) atoms. The molecule has 1 aliphatic carbocycles. The zero-order valence-corrected chi connectivity index (χ0v) is 8.16. The topological polar surface area (TPSA) is 32.3 Å². The molecule has 1 aliphatic rings. The number of phenols is 1. The Morgan fingerprint density at radius 2 is 2.43 bits per heavy atom. The van der Waals surface area contributed by atoms with E-state index in [-0.39, 0.29) is 0 Å². The van der Waals surface area contributed by atoms with Gasteiger partial charge in [0.15, 0.2) is 0 Å². The van der Waals surface area contributed by atoms with Crippen LogP contribution in [0.5, 0.6) is 5.75 Å². The van der Waals surface area contributed by atoms with Gasteiger partial charge in [0.25, 0.3) is 0 Å². The summed E-state index contributed by atoms with van der Waals surface area (Å²) in [6.07, 6.45) is 3.90. The standard InChI is InChI=1S/C12H15NO/c1-2-8-13-11-7-6-10-9(11)4-3-5-12(10)14/h2-5,11,13-14H,1,6-8H2. The van der Waals surface area contributed by atoms with Gasteiger partial charge in [-0.1, -0.05) is 18.2 Å². The minimum absolute atomic E-state index is 0.384. The van der Waals surface area contributed by atoms with E-state index in [0.717, 1.165) is 24.9 Å². The molecule has 1 unspecified atom stereocenters. The predicted octanol–water partition coefficient (Wildman–Crippen LogP) is 2.16. The molecule has 0 bridgehead atoms. The Hall–Kier alpha value is -1.28. The van der Waals surface area contributed by atoms with Gasteiger partial charge in [-0.3, -0.25) is 0 Å². The summed E-state index contributed by atoms with van der Waals surface area (Å²) in [4.78, 5) is 0. The highest BCUT2D eigenvalue weighted by Gasteiger charge is 2.23. The molecule has 2 nitrogen and oxygen atoms in total. The van der Waals surface area contributed by atoms with Gasteiger partial charge in [-0.05, 0) is 30.0 Å². The Morgan fingerprint density at radius 3 is 3.21 bits per heavy atom. The minimum Gasteiger partial charge on any atom is -0.508 e. The second-order valence-electron chi connectivity index (χ2n) is 3.63. The van der Waals surface area contributed by atoms with E-state index >= 15 is 0 Å². The quantitative estimate of drug-likeness (QED) is 0.714. The third-order valence-corrected chi connectivity index (χ3v) is 2.75. The van der Waals surface area contributed by atoms with Gasteiger partial charge in [-0.2, -0.15) is 0 Å². The van der Waals surface area contributed by atoms with Crippen LogP contribution in [-0.4, -0.2) is 11.7 Å². The smallest absolute Gasteiger partial charge is 0.119 e. The molecule has 0 saturated carbocycles. The predicted molar refractivity (Wildman–Crippen MR) is 57.4 cm³/mol. The van der Waals surface area contributed by atoms with E-state index in [4.69, 9.17) is 0 Å². The molecule has 0 radical (unpaired) electrons. The Balaban J connectivity index is 2.21. The lowest BCUT2D eigenvalue weighted by molar-refractivity contribution is 0.469. The van der Waals surface area contributed by atoms with E-state index in [1.807, 2.05) is 12.1 Å². The molecular weight excluding hydrogens is 174 g/mol. The van der Waals surface area contributed by atoms with Crippen LogP contribution in [-0.2, 0) is 6.42 Å². The molecule has 1 aromatic carbocycles. The van der Waals surface area contributed by atoms with Crippen LogP contribution < -0.4 is 5.32 Å². The van der Waals surface area contributed by atoms with Gasteiger partial charge >= 0.3 is 0 Å². The van der Waals surface area contributed by atoms with E-state index in [2.05, 4.69) is 18.0 Å². The average molecular weight is 189 g/mol. The molecule has 0 aliphatic heterocycles. The van der Waals surface area contributed by atoms with Crippen LogP contribution >= 0.6 is 0 Å². The van der Waals surface area contributed by atoms with Gasteiger partial charge in [-0.25, -0.2) is 0 Å². The first kappa shape index (κ1) is 9.28. The Morgan fingerprint density at radius 1 is 1.57 bits per heavy atom. The van der Waals surface area contributed by atoms with E-state index in [9.17, 15) is 5.11 Å². The Labute approximate surface area is 84.3 Å². The molecule has 74 valence electrons. The number of hydrogen-bond acceptors (Lipinski definition) is 2. The number of benzene rings is 1. The zero-order chi connectivity index (χ0) is 9.97. The third-order valence-electron chi connectivity index (χ3n) is 2.75. The van der Waals surface area contributed by atoms with Crippen molar-refractivity contribution in [3.8, 4) is 5.75 Å². The third kappa shape index (κ3) is 1.53. The number of aromatic hydroxyl groups is 1. The van der Waals surface area contributed by atoms with Crippen LogP contribution in [0.1, 0.15) is 23.6 Å². The number of fused-ring (bicyclic) bond motifs is 1. The van der Waals surface area contributed by atoms with E-state index in [1.54, 1.807) is 6.07 Å². The fourth-order valence-electron chi connectivity index (χ4n) is 2.07. The summed E-state index contributed by atoms with van der Waals surface area (Å²) in [7, 11) is 0. The summed E-state index contributed by atoms with van der Waals surface area (Å²) in [5.74, 6) is 0.436. The van der Waals surface area contributed by atoms with Crippen LogP contribution in [0.15, 0.2) is 30.9 Å². The maximum Gasteiger partial charge on any atom is 0.119 e. The van der Waals surface area contributed by atoms with E-state index in [0.29, 0.717) is 11.8 Å². The second-order valence-corrected chi connectivity index (χ2v) is 3.63. The van der Waals surface area contributed by atoms with Crippen molar-refractivity contribution in [2.75, 3.05) is 6.54 Å². The highest BCUT2D eigenvalue weighted by Crippen LogP contribution is 2.35. The van der Waals surface area contributed by atoms with Crippen molar-refractivity contribution in [3.63, 3.8) is 0 Å². The molecule has 0 heterocycles. The van der Waals surface area contributed by atoms with E-state index < -0.39 is 0 Å². The Bertz CT molecular complexity index is 346. The second kappa shape index (κ2) is 3.84. The van der Waals surface area contributed by atoms with Crippen LogP contribution in [0.25, 0.3) is 0 Å². The van der Waals surface area contributed by atoms with Gasteiger partial charge in [-0.15, -0.1) is 6.58 Å². The van der Waals surface area contributed by atoms with Crippen molar-refractivity contribution >= 4 is 0 Å². The molecule has 0 amide bonds. The summed E-state index contributed by atoms with van der Waals surface area (Å²) in [6, 6.07) is 6.13. The van der Waals surface area contributed by atoms with Crippen molar-refractivity contribution in [1.29, 1.82) is 0 Å². The molecule has 2 heteroatoms. The molecule has 0 spiro atoms. The summed E-state index contributed by atoms with van der Waals surface area (Å²) < 4.78 is 0. The number of phenolic OH excluding ortho intramolecular Hbond substituents is 1. The van der Waals surface area contributed by atoms with Gasteiger partial charge in [0.2, 0.25) is 0 Å². The number of nitrogens with one attached hydrogen (secondary N) is 1. The van der Waals surface area contributed by atoms with Gasteiger partial charge in [0.05, 0.1) is 0 Å². The molecule has 2 rings (SSSR count). The molecule has 0 aromatic heterocycles. The number of rotatable bonds is 3. The lowest BCUT2D eigenvalue weighted by atomic mass is 10.1. The van der Waals surface area contributed by atoms with Gasteiger partial charge < -0.3 is 10.4 Å². The molecule has 1 aromatic rings. The van der Waals surface area contributed by atoms with Crippen molar-refractivity contribution < 1.29 is 5.11 Å². The zero-order valence-electron chi connectivity index (χ0n) is 8.16. The summed E-state index contributed by atoms with van der Waals surface area (Å²) in [5, 5.41) is 13.0. The fraction of sp³-hybridized carbons (Fsp3) is 0.333. The monoisotopic (exact) mass is 189 g/mol. The fourth-order valence-corrected chi connectivity index (χ4v) is 2.07. The lowest BCUT2D eigenvalue weighted by Gasteiger charge is -2.12. The van der Waals surface area contributed by atoms with Gasteiger partial charge in [0.1, 0.15) is 5.75 Å². The van der Waals surface area contributed by atoms with Crippen molar-refractivity contribution in [1.82, 2.24) is 5.32 Å². The Kier molecular flexibility index (Phi) is 2.55. The normalized spacial score (nSPS) is 19.3. The van der Waals surface area contributed by atoms with Crippen LogP contribution in [0.2, 0.25) is 0 Å². The van der Waals surface area contributed by atoms with Crippen molar-refractivity contribution in [3.05, 3.63) is 42.0 Å². The van der Waals surface area contributed by atoms with Crippen molar-refractivity contribution in [2.45, 2.75) is 18.9 Å². The van der Waals surface area contributed by atoms with Crippen LogP contribution in [0.4, 0.5) is 0 Å². The summed E-state index contributed by atoms with van der Waals surface area (Å²) >= 11 is 0. The maximum atomic E-state index is 9.63. The first-order valence-electron chi connectivity index (χ1n) is 4.98. The SMILES string of the molecule is C=CCNC1CCc2c(O)cccc21. The molecular formula is C12H15NO. The molecule has 1 atom stereocenters. The van der Waals surface area contributed by atoms with Crippen molar-refractivity contribution in [2.24, 2.45) is 0 Å². The molecule has 2 N–H and O–H groups in total. The number of hydrogen-bond donors (Lipinski definition) is 2. The van der Waals surface area contributed by atoms with Gasteiger partial charge in [0, 0.05) is 12.6 Å². The molecule has 0 fully saturated rings. The first-order chi connectivity index (χ1) is 6.83. The van der Waals surface area contributed by atoms with Crippen LogP contribution in [0, 0.1) is 0 Å². The van der Waals surface area contributed by atoms with Crippen LogP contribution in [0.3, 0.4) is 0 Å². The average Bonchev–Trinajstić information content (AvgIpc) is 2.60. The lowest BCUT2D eigenvalue weighted by Crippen LogP contribution is -2.18. The highest BCUT2D eigenvalue weighted by molar-refractivity contribution is 5.44. The molecule has 0 saturated heterocycles. The summed E-state index contributed by atoms with van der Waals surface area (Å²) in [5.41, 5.74) is 2.35.